The van der Waals surface area contributed by atoms with E-state index in [2.05, 4.69) is 5.16 Å². The number of benzene rings is 2. The van der Waals surface area contributed by atoms with Gasteiger partial charge in [0.05, 0.1) is 17.8 Å². The van der Waals surface area contributed by atoms with Gasteiger partial charge in [0.2, 0.25) is 11.5 Å². The third-order valence-corrected chi connectivity index (χ3v) is 5.16. The van der Waals surface area contributed by atoms with Crippen LogP contribution in [0, 0.1) is 13.8 Å². The molecule has 0 saturated carbocycles. The van der Waals surface area contributed by atoms with Crippen LogP contribution in [0.4, 0.5) is 5.69 Å². The lowest BCUT2D eigenvalue weighted by atomic mass is 9.92. The van der Waals surface area contributed by atoms with Crippen LogP contribution in [0.15, 0.2) is 47.6 Å². The number of hydrogen-bond donors (Lipinski definition) is 0. The molecule has 0 bridgehead atoms. The van der Waals surface area contributed by atoms with Crippen molar-refractivity contribution < 1.29 is 14.4 Å². The van der Waals surface area contributed by atoms with Gasteiger partial charge in [-0.05, 0) is 42.7 Å². The van der Waals surface area contributed by atoms with Crippen molar-refractivity contribution in [2.24, 2.45) is 5.16 Å². The van der Waals surface area contributed by atoms with Gasteiger partial charge in [-0.2, -0.15) is 0 Å². The summed E-state index contributed by atoms with van der Waals surface area (Å²) in [5.41, 5.74) is 2.62. The lowest BCUT2D eigenvalue weighted by Gasteiger charge is -2.22. The van der Waals surface area contributed by atoms with Crippen LogP contribution in [-0.2, 0) is 14.4 Å². The summed E-state index contributed by atoms with van der Waals surface area (Å²) in [4.78, 5) is 32.7. The Morgan fingerprint density at radius 2 is 1.69 bits per heavy atom. The number of halogens is 1. The van der Waals surface area contributed by atoms with E-state index in [4.69, 9.17) is 16.4 Å². The lowest BCUT2D eigenvalue weighted by molar-refractivity contribution is -0.136. The molecular formula is C20H17ClN2O3. The number of nitrogens with zero attached hydrogens (tertiary/aromatic N) is 2. The van der Waals surface area contributed by atoms with E-state index in [0.29, 0.717) is 16.4 Å². The molecule has 0 N–H and O–H groups in total. The summed E-state index contributed by atoms with van der Waals surface area (Å²) in [5.74, 6) is -0.618. The van der Waals surface area contributed by atoms with Gasteiger partial charge in [0.1, 0.15) is 0 Å². The molecule has 6 heteroatoms. The second kappa shape index (κ2) is 5.95. The quantitative estimate of drug-likeness (QED) is 0.758. The first-order chi connectivity index (χ1) is 12.4. The molecule has 0 aliphatic carbocycles. The van der Waals surface area contributed by atoms with Crippen LogP contribution in [0.1, 0.15) is 29.5 Å². The first kappa shape index (κ1) is 16.8. The standard InChI is InChI=1S/C20H17ClN2O3/c1-12-4-3-5-13(2)18(12)23-17(24)11-20(19(23)25)10-16(22-26-20)14-6-8-15(21)9-7-14/h3-9H,10-11H2,1-2H3. The summed E-state index contributed by atoms with van der Waals surface area (Å²) in [5, 5.41) is 4.72. The van der Waals surface area contributed by atoms with E-state index in [1.54, 1.807) is 12.1 Å². The minimum absolute atomic E-state index is 0.0137. The van der Waals surface area contributed by atoms with Crippen molar-refractivity contribution in [2.45, 2.75) is 32.3 Å². The number of para-hydroxylation sites is 1. The Morgan fingerprint density at radius 1 is 1.04 bits per heavy atom. The number of oxime groups is 1. The monoisotopic (exact) mass is 368 g/mol. The largest absolute Gasteiger partial charge is 0.378 e. The molecule has 0 radical (unpaired) electrons. The lowest BCUT2D eigenvalue weighted by Crippen LogP contribution is -2.41. The molecule has 2 heterocycles. The number of carbonyl (C=O) groups is 2. The average molecular weight is 369 g/mol. The van der Waals surface area contributed by atoms with Crippen molar-refractivity contribution in [3.63, 3.8) is 0 Å². The number of anilines is 1. The van der Waals surface area contributed by atoms with E-state index in [-0.39, 0.29) is 24.7 Å². The first-order valence-corrected chi connectivity index (χ1v) is 8.74. The number of carbonyl (C=O) groups excluding carboxylic acids is 2. The molecular weight excluding hydrogens is 352 g/mol. The molecule has 132 valence electrons. The van der Waals surface area contributed by atoms with E-state index in [9.17, 15) is 9.59 Å². The van der Waals surface area contributed by atoms with Crippen LogP contribution in [0.3, 0.4) is 0 Å². The maximum Gasteiger partial charge on any atom is 0.281 e. The highest BCUT2D eigenvalue weighted by atomic mass is 35.5. The van der Waals surface area contributed by atoms with Gasteiger partial charge in [0, 0.05) is 11.4 Å². The third kappa shape index (κ3) is 2.51. The Kier molecular flexibility index (Phi) is 3.84. The zero-order valence-electron chi connectivity index (χ0n) is 14.5. The van der Waals surface area contributed by atoms with Crippen molar-refractivity contribution in [3.05, 3.63) is 64.2 Å². The fourth-order valence-corrected chi connectivity index (χ4v) is 3.71. The van der Waals surface area contributed by atoms with E-state index >= 15 is 0 Å². The number of hydrogen-bond acceptors (Lipinski definition) is 4. The summed E-state index contributed by atoms with van der Waals surface area (Å²) < 4.78 is 0. The predicted molar refractivity (Wildman–Crippen MR) is 99.4 cm³/mol. The highest BCUT2D eigenvalue weighted by Gasteiger charge is 2.58. The van der Waals surface area contributed by atoms with E-state index in [1.807, 2.05) is 44.2 Å². The smallest absolute Gasteiger partial charge is 0.281 e. The van der Waals surface area contributed by atoms with E-state index in [1.165, 1.54) is 4.90 Å². The second-order valence-corrected chi connectivity index (χ2v) is 7.20. The summed E-state index contributed by atoms with van der Waals surface area (Å²) in [7, 11) is 0. The van der Waals surface area contributed by atoms with Crippen LogP contribution in [0.25, 0.3) is 0 Å². The van der Waals surface area contributed by atoms with Gasteiger partial charge >= 0.3 is 0 Å². The molecule has 1 saturated heterocycles. The first-order valence-electron chi connectivity index (χ1n) is 8.36. The summed E-state index contributed by atoms with van der Waals surface area (Å²) >= 11 is 5.92. The van der Waals surface area contributed by atoms with Gasteiger partial charge < -0.3 is 4.84 Å². The van der Waals surface area contributed by atoms with Crippen LogP contribution in [0.5, 0.6) is 0 Å². The van der Waals surface area contributed by atoms with Crippen molar-refractivity contribution in [1.29, 1.82) is 0 Å². The number of aryl methyl sites for hydroxylation is 2. The molecule has 1 unspecified atom stereocenters. The van der Waals surface area contributed by atoms with Gasteiger partial charge in [-0.15, -0.1) is 0 Å². The number of amides is 2. The molecule has 1 spiro atoms. The predicted octanol–water partition coefficient (Wildman–Crippen LogP) is 3.78. The Morgan fingerprint density at radius 3 is 2.35 bits per heavy atom. The van der Waals surface area contributed by atoms with Crippen LogP contribution < -0.4 is 4.90 Å². The maximum atomic E-state index is 13.2. The van der Waals surface area contributed by atoms with Gasteiger partial charge in [-0.3, -0.25) is 9.59 Å². The Bertz CT molecular complexity index is 932. The molecule has 2 amide bonds. The van der Waals surface area contributed by atoms with Gasteiger partial charge in [0.15, 0.2) is 0 Å². The molecule has 1 fully saturated rings. The molecule has 5 nitrogen and oxygen atoms in total. The van der Waals surface area contributed by atoms with Crippen LogP contribution in [-0.4, -0.2) is 23.1 Å². The summed E-state index contributed by atoms with van der Waals surface area (Å²) in [6, 6.07) is 12.9. The van der Waals surface area contributed by atoms with Crippen LogP contribution >= 0.6 is 11.6 Å². The Hall–Kier alpha value is -2.66. The molecule has 0 aromatic heterocycles. The minimum atomic E-state index is -1.25. The summed E-state index contributed by atoms with van der Waals surface area (Å²) in [6.45, 7) is 3.78. The molecule has 2 aromatic carbocycles. The van der Waals surface area contributed by atoms with Crippen LogP contribution in [0.2, 0.25) is 5.02 Å². The van der Waals surface area contributed by atoms with Gasteiger partial charge in [-0.1, -0.05) is 47.1 Å². The molecule has 1 atom stereocenters. The zero-order chi connectivity index (χ0) is 18.5. The maximum absolute atomic E-state index is 13.2. The fourth-order valence-electron chi connectivity index (χ4n) is 3.58. The molecule has 26 heavy (non-hydrogen) atoms. The average Bonchev–Trinajstić information content (AvgIpc) is 3.12. The van der Waals surface area contributed by atoms with E-state index < -0.39 is 5.60 Å². The molecule has 2 aromatic rings. The Labute approximate surface area is 156 Å². The van der Waals surface area contributed by atoms with Crippen molar-refractivity contribution in [2.75, 3.05) is 4.90 Å². The highest BCUT2D eigenvalue weighted by Crippen LogP contribution is 2.41. The molecule has 2 aliphatic heterocycles. The van der Waals surface area contributed by atoms with Crippen molar-refractivity contribution >= 4 is 34.8 Å². The third-order valence-electron chi connectivity index (χ3n) is 4.90. The van der Waals surface area contributed by atoms with Crippen molar-refractivity contribution in [1.82, 2.24) is 0 Å². The van der Waals surface area contributed by atoms with Crippen molar-refractivity contribution in [3.8, 4) is 0 Å². The molecule has 2 aliphatic rings. The Balaban J connectivity index is 1.65. The normalized spacial score (nSPS) is 22.1. The zero-order valence-corrected chi connectivity index (χ0v) is 15.2. The fraction of sp³-hybridized carbons (Fsp3) is 0.250. The summed E-state index contributed by atoms with van der Waals surface area (Å²) in [6.07, 6.45) is 0.251. The van der Waals surface area contributed by atoms with Gasteiger partial charge in [-0.25, -0.2) is 4.90 Å². The second-order valence-electron chi connectivity index (χ2n) is 6.76. The topological polar surface area (TPSA) is 59.0 Å². The number of rotatable bonds is 2. The molecule has 4 rings (SSSR count). The minimum Gasteiger partial charge on any atom is -0.378 e. The SMILES string of the molecule is Cc1cccc(C)c1N1C(=O)CC2(CC(c3ccc(Cl)cc3)=NO2)C1=O. The van der Waals surface area contributed by atoms with E-state index in [0.717, 1.165) is 16.7 Å². The highest BCUT2D eigenvalue weighted by molar-refractivity contribution is 6.30. The number of imide groups is 1. The van der Waals surface area contributed by atoms with Gasteiger partial charge in [0.25, 0.3) is 5.91 Å².